The largest absolute Gasteiger partial charge is 0.344 e. The van der Waals surface area contributed by atoms with Crippen LogP contribution in [0.4, 0.5) is 5.69 Å². The Morgan fingerprint density at radius 3 is 2.78 bits per heavy atom. The van der Waals surface area contributed by atoms with Crippen LogP contribution >= 0.6 is 15.9 Å². The van der Waals surface area contributed by atoms with Gasteiger partial charge in [0, 0.05) is 29.8 Å². The number of piperidine rings is 1. The van der Waals surface area contributed by atoms with Crippen LogP contribution in [0.15, 0.2) is 35.3 Å². The standard InChI is InChI=1S/C20H24BrN3O3/c1-3-18(25)23-9-4-5-14(12-23)19(26)22-17-8-10-24(20(17)27)15-6-7-16(21)13(2)11-15/h3,6-7,11,14,17H,1,4-5,8-10,12H2,2H3,(H,22,26). The van der Waals surface area contributed by atoms with Gasteiger partial charge in [-0.1, -0.05) is 22.5 Å². The van der Waals surface area contributed by atoms with E-state index in [1.807, 2.05) is 25.1 Å². The first kappa shape index (κ1) is 19.6. The molecular formula is C20H24BrN3O3. The number of nitrogens with one attached hydrogen (secondary N) is 1. The molecule has 0 bridgehead atoms. The molecule has 1 N–H and O–H groups in total. The second-order valence-corrected chi connectivity index (χ2v) is 7.96. The van der Waals surface area contributed by atoms with Crippen molar-refractivity contribution in [3.05, 3.63) is 40.9 Å². The van der Waals surface area contributed by atoms with Gasteiger partial charge in [-0.15, -0.1) is 0 Å². The lowest BCUT2D eigenvalue weighted by Crippen LogP contribution is -2.49. The number of anilines is 1. The Kier molecular flexibility index (Phi) is 5.99. The Balaban J connectivity index is 1.62. The van der Waals surface area contributed by atoms with Crippen LogP contribution in [0.5, 0.6) is 0 Å². The maximum Gasteiger partial charge on any atom is 0.249 e. The molecular weight excluding hydrogens is 410 g/mol. The third-order valence-electron chi connectivity index (χ3n) is 5.25. The van der Waals surface area contributed by atoms with Gasteiger partial charge in [0.15, 0.2) is 0 Å². The molecule has 2 heterocycles. The van der Waals surface area contributed by atoms with Crippen LogP contribution in [0.25, 0.3) is 0 Å². The molecule has 2 atom stereocenters. The number of hydrogen-bond donors (Lipinski definition) is 1. The highest BCUT2D eigenvalue weighted by Crippen LogP contribution is 2.27. The van der Waals surface area contributed by atoms with Crippen molar-refractivity contribution >= 4 is 39.3 Å². The van der Waals surface area contributed by atoms with Crippen molar-refractivity contribution in [2.75, 3.05) is 24.5 Å². The Bertz CT molecular complexity index is 780. The van der Waals surface area contributed by atoms with Crippen LogP contribution in [0, 0.1) is 12.8 Å². The highest BCUT2D eigenvalue weighted by molar-refractivity contribution is 9.10. The first-order valence-electron chi connectivity index (χ1n) is 9.20. The van der Waals surface area contributed by atoms with Crippen molar-refractivity contribution in [3.8, 4) is 0 Å². The summed E-state index contributed by atoms with van der Waals surface area (Å²) in [6, 6.07) is 5.29. The fraction of sp³-hybridized carbons (Fsp3) is 0.450. The normalized spacial score (nSPS) is 22.7. The average Bonchev–Trinajstić information content (AvgIpc) is 3.03. The number of carbonyl (C=O) groups excluding carboxylic acids is 3. The van der Waals surface area contributed by atoms with E-state index in [0.29, 0.717) is 26.1 Å². The highest BCUT2D eigenvalue weighted by atomic mass is 79.9. The summed E-state index contributed by atoms with van der Waals surface area (Å²) in [6.45, 7) is 7.09. The van der Waals surface area contributed by atoms with Gasteiger partial charge in [-0.25, -0.2) is 0 Å². The molecule has 1 aromatic carbocycles. The third kappa shape index (κ3) is 4.24. The Morgan fingerprint density at radius 1 is 1.30 bits per heavy atom. The van der Waals surface area contributed by atoms with Gasteiger partial charge in [-0.3, -0.25) is 14.4 Å². The van der Waals surface area contributed by atoms with E-state index < -0.39 is 6.04 Å². The van der Waals surface area contributed by atoms with Crippen molar-refractivity contribution in [2.24, 2.45) is 5.92 Å². The molecule has 2 aliphatic heterocycles. The van der Waals surface area contributed by atoms with Crippen LogP contribution in [-0.2, 0) is 14.4 Å². The van der Waals surface area contributed by atoms with Crippen molar-refractivity contribution in [2.45, 2.75) is 32.2 Å². The van der Waals surface area contributed by atoms with Crippen molar-refractivity contribution in [1.82, 2.24) is 10.2 Å². The maximum atomic E-state index is 12.8. The van der Waals surface area contributed by atoms with Gasteiger partial charge in [0.1, 0.15) is 6.04 Å². The monoisotopic (exact) mass is 433 g/mol. The number of rotatable bonds is 4. The van der Waals surface area contributed by atoms with Crippen molar-refractivity contribution in [3.63, 3.8) is 0 Å². The molecule has 144 valence electrons. The van der Waals surface area contributed by atoms with E-state index in [0.717, 1.165) is 28.6 Å². The van der Waals surface area contributed by atoms with Gasteiger partial charge in [0.2, 0.25) is 17.7 Å². The molecule has 3 amide bonds. The quantitative estimate of drug-likeness (QED) is 0.741. The Labute approximate surface area is 167 Å². The van der Waals surface area contributed by atoms with E-state index in [-0.39, 0.29) is 23.6 Å². The van der Waals surface area contributed by atoms with E-state index in [1.54, 1.807) is 9.80 Å². The molecule has 0 aromatic heterocycles. The molecule has 2 unspecified atom stereocenters. The fourth-order valence-corrected chi connectivity index (χ4v) is 3.92. The predicted octanol–water partition coefficient (Wildman–Crippen LogP) is 2.40. The van der Waals surface area contributed by atoms with Gasteiger partial charge < -0.3 is 15.1 Å². The summed E-state index contributed by atoms with van der Waals surface area (Å²) < 4.78 is 0.999. The van der Waals surface area contributed by atoms with Crippen LogP contribution in [-0.4, -0.2) is 48.3 Å². The number of aryl methyl sites for hydroxylation is 1. The van der Waals surface area contributed by atoms with E-state index in [1.165, 1.54) is 6.08 Å². The molecule has 6 nitrogen and oxygen atoms in total. The average molecular weight is 434 g/mol. The molecule has 2 saturated heterocycles. The zero-order chi connectivity index (χ0) is 19.6. The predicted molar refractivity (Wildman–Crippen MR) is 107 cm³/mol. The molecule has 0 spiro atoms. The minimum Gasteiger partial charge on any atom is -0.344 e. The lowest BCUT2D eigenvalue weighted by atomic mass is 9.96. The zero-order valence-corrected chi connectivity index (χ0v) is 17.0. The summed E-state index contributed by atoms with van der Waals surface area (Å²) in [6.07, 6.45) is 3.37. The molecule has 1 aromatic rings. The minimum absolute atomic E-state index is 0.0834. The zero-order valence-electron chi connectivity index (χ0n) is 15.4. The topological polar surface area (TPSA) is 69.7 Å². The van der Waals surface area contributed by atoms with Gasteiger partial charge in [-0.2, -0.15) is 0 Å². The van der Waals surface area contributed by atoms with Crippen LogP contribution in [0.2, 0.25) is 0 Å². The Morgan fingerprint density at radius 2 is 2.07 bits per heavy atom. The van der Waals surface area contributed by atoms with Gasteiger partial charge >= 0.3 is 0 Å². The highest BCUT2D eigenvalue weighted by Gasteiger charge is 2.36. The molecule has 2 aliphatic rings. The van der Waals surface area contributed by atoms with Gasteiger partial charge in [-0.05, 0) is 56.0 Å². The molecule has 0 aliphatic carbocycles. The SMILES string of the molecule is C=CC(=O)N1CCCC(C(=O)NC2CCN(c3ccc(Br)c(C)c3)C2=O)C1. The number of nitrogens with zero attached hydrogens (tertiary/aromatic N) is 2. The maximum absolute atomic E-state index is 12.8. The summed E-state index contributed by atoms with van der Waals surface area (Å²) in [5, 5.41) is 2.90. The molecule has 27 heavy (non-hydrogen) atoms. The Hall–Kier alpha value is -2.15. The lowest BCUT2D eigenvalue weighted by Gasteiger charge is -2.31. The van der Waals surface area contributed by atoms with Gasteiger partial charge in [0.05, 0.1) is 5.92 Å². The molecule has 0 saturated carbocycles. The summed E-state index contributed by atoms with van der Waals surface area (Å²) in [5.41, 5.74) is 1.90. The van der Waals surface area contributed by atoms with Gasteiger partial charge in [0.25, 0.3) is 0 Å². The molecule has 7 heteroatoms. The van der Waals surface area contributed by atoms with Crippen LogP contribution in [0.3, 0.4) is 0 Å². The summed E-state index contributed by atoms with van der Waals surface area (Å²) in [4.78, 5) is 40.6. The first-order chi connectivity index (χ1) is 12.9. The van der Waals surface area contributed by atoms with E-state index in [2.05, 4.69) is 27.8 Å². The van der Waals surface area contributed by atoms with E-state index >= 15 is 0 Å². The van der Waals surface area contributed by atoms with Crippen LogP contribution < -0.4 is 10.2 Å². The number of halogens is 1. The summed E-state index contributed by atoms with van der Waals surface area (Å²) in [7, 11) is 0. The lowest BCUT2D eigenvalue weighted by molar-refractivity contribution is -0.134. The summed E-state index contributed by atoms with van der Waals surface area (Å²) >= 11 is 3.47. The fourth-order valence-electron chi connectivity index (χ4n) is 3.68. The van der Waals surface area contributed by atoms with E-state index in [4.69, 9.17) is 0 Å². The third-order valence-corrected chi connectivity index (χ3v) is 6.14. The van der Waals surface area contributed by atoms with E-state index in [9.17, 15) is 14.4 Å². The van der Waals surface area contributed by atoms with Crippen molar-refractivity contribution < 1.29 is 14.4 Å². The molecule has 2 fully saturated rings. The summed E-state index contributed by atoms with van der Waals surface area (Å²) in [5.74, 6) is -0.663. The smallest absolute Gasteiger partial charge is 0.249 e. The number of benzene rings is 1. The second-order valence-electron chi connectivity index (χ2n) is 7.10. The minimum atomic E-state index is -0.507. The van der Waals surface area contributed by atoms with Crippen molar-refractivity contribution in [1.29, 1.82) is 0 Å². The van der Waals surface area contributed by atoms with Crippen LogP contribution in [0.1, 0.15) is 24.8 Å². The molecule has 0 radical (unpaired) electrons. The number of hydrogen-bond acceptors (Lipinski definition) is 3. The number of carbonyl (C=O) groups is 3. The second kappa shape index (κ2) is 8.25. The molecule has 3 rings (SSSR count). The first-order valence-corrected chi connectivity index (χ1v) is 9.99. The number of likely N-dealkylation sites (tertiary alicyclic amines) is 1. The number of amides is 3.